The number of carbonyl (C=O) groups is 3. The third kappa shape index (κ3) is 6.38. The predicted octanol–water partition coefficient (Wildman–Crippen LogP) is 1.02. The van der Waals surface area contributed by atoms with Gasteiger partial charge >= 0.3 is 0 Å². The normalized spacial score (nSPS) is 11.2. The Morgan fingerprint density at radius 3 is 2.41 bits per heavy atom. The summed E-state index contributed by atoms with van der Waals surface area (Å²) in [5.41, 5.74) is 4.42. The van der Waals surface area contributed by atoms with Gasteiger partial charge in [0.25, 0.3) is 17.7 Å². The number of nitrogens with one attached hydrogen (secondary N) is 3. The molecule has 3 N–H and O–H groups in total. The Kier molecular flexibility index (Phi) is 7.24. The van der Waals surface area contributed by atoms with Gasteiger partial charge < -0.3 is 19.2 Å². The van der Waals surface area contributed by atoms with E-state index in [0.717, 1.165) is 0 Å². The molecule has 9 nitrogen and oxygen atoms in total. The van der Waals surface area contributed by atoms with Crippen LogP contribution in [-0.4, -0.2) is 37.0 Å². The van der Waals surface area contributed by atoms with Crippen molar-refractivity contribution in [2.45, 2.75) is 20.0 Å². The maximum absolute atomic E-state index is 12.0. The van der Waals surface area contributed by atoms with Crippen molar-refractivity contribution in [1.82, 2.24) is 16.2 Å². The molecule has 1 atom stereocenters. The van der Waals surface area contributed by atoms with Crippen molar-refractivity contribution in [2.75, 3.05) is 13.2 Å². The van der Waals surface area contributed by atoms with Gasteiger partial charge in [0.15, 0.2) is 11.9 Å². The van der Waals surface area contributed by atoms with E-state index in [0.29, 0.717) is 18.1 Å². The summed E-state index contributed by atoms with van der Waals surface area (Å²) in [7, 11) is 0. The topological polar surface area (TPSA) is 119 Å². The lowest BCUT2D eigenvalue weighted by Gasteiger charge is -2.15. The molecule has 27 heavy (non-hydrogen) atoms. The summed E-state index contributed by atoms with van der Waals surface area (Å²) in [6, 6.07) is 9.84. The maximum Gasteiger partial charge on any atom is 0.287 e. The molecule has 1 aromatic heterocycles. The van der Waals surface area contributed by atoms with Crippen molar-refractivity contribution in [3.63, 3.8) is 0 Å². The number of benzene rings is 1. The Hall–Kier alpha value is -3.49. The van der Waals surface area contributed by atoms with Gasteiger partial charge in [0.05, 0.1) is 19.4 Å². The van der Waals surface area contributed by atoms with Gasteiger partial charge in [-0.15, -0.1) is 0 Å². The number of hydrazine groups is 1. The SMILES string of the molecule is CCOc1ccc(O[C@H](C)C(=O)NNC(=O)CNC(=O)c2ccco2)cc1. The fraction of sp³-hybridized carbons (Fsp3) is 0.278. The molecule has 1 aromatic carbocycles. The molecule has 0 spiro atoms. The van der Waals surface area contributed by atoms with E-state index in [-0.39, 0.29) is 12.3 Å². The molecular formula is C18H21N3O6. The fourth-order valence-corrected chi connectivity index (χ4v) is 1.97. The second-order valence-electron chi connectivity index (χ2n) is 5.36. The highest BCUT2D eigenvalue weighted by atomic mass is 16.5. The molecule has 144 valence electrons. The average molecular weight is 375 g/mol. The van der Waals surface area contributed by atoms with Gasteiger partial charge in [0, 0.05) is 0 Å². The van der Waals surface area contributed by atoms with Crippen LogP contribution in [0.4, 0.5) is 0 Å². The number of carbonyl (C=O) groups excluding carboxylic acids is 3. The Balaban J connectivity index is 1.70. The summed E-state index contributed by atoms with van der Waals surface area (Å²) in [5, 5.41) is 2.35. The van der Waals surface area contributed by atoms with Crippen LogP contribution in [0.15, 0.2) is 47.1 Å². The Labute approximate surface area is 156 Å². The van der Waals surface area contributed by atoms with E-state index < -0.39 is 23.8 Å². The van der Waals surface area contributed by atoms with Gasteiger partial charge in [0.2, 0.25) is 0 Å². The van der Waals surface area contributed by atoms with E-state index in [4.69, 9.17) is 13.9 Å². The third-order valence-corrected chi connectivity index (χ3v) is 3.30. The van der Waals surface area contributed by atoms with Crippen LogP contribution in [0.25, 0.3) is 0 Å². The fourth-order valence-electron chi connectivity index (χ4n) is 1.97. The van der Waals surface area contributed by atoms with Crippen LogP contribution in [0.3, 0.4) is 0 Å². The average Bonchev–Trinajstić information content (AvgIpc) is 3.20. The summed E-state index contributed by atoms with van der Waals surface area (Å²) < 4.78 is 15.7. The van der Waals surface area contributed by atoms with Gasteiger partial charge in [0.1, 0.15) is 11.5 Å². The smallest absolute Gasteiger partial charge is 0.287 e. The highest BCUT2D eigenvalue weighted by Gasteiger charge is 2.16. The second kappa shape index (κ2) is 9.85. The molecule has 2 aromatic rings. The van der Waals surface area contributed by atoms with E-state index in [1.807, 2.05) is 6.92 Å². The summed E-state index contributed by atoms with van der Waals surface area (Å²) in [6.45, 7) is 3.65. The van der Waals surface area contributed by atoms with Crippen molar-refractivity contribution in [2.24, 2.45) is 0 Å². The van der Waals surface area contributed by atoms with Gasteiger partial charge in [-0.25, -0.2) is 0 Å². The summed E-state index contributed by atoms with van der Waals surface area (Å²) in [4.78, 5) is 35.3. The van der Waals surface area contributed by atoms with E-state index in [1.54, 1.807) is 30.3 Å². The molecule has 0 aliphatic rings. The molecule has 0 saturated carbocycles. The number of furan rings is 1. The summed E-state index contributed by atoms with van der Waals surface area (Å²) in [5.74, 6) is -0.409. The number of ether oxygens (including phenoxy) is 2. The molecular weight excluding hydrogens is 354 g/mol. The monoisotopic (exact) mass is 375 g/mol. The second-order valence-corrected chi connectivity index (χ2v) is 5.36. The highest BCUT2D eigenvalue weighted by Crippen LogP contribution is 2.18. The number of hydrogen-bond acceptors (Lipinski definition) is 6. The Morgan fingerprint density at radius 1 is 1.07 bits per heavy atom. The van der Waals surface area contributed by atoms with E-state index in [1.165, 1.54) is 19.3 Å². The molecule has 2 rings (SSSR count). The molecule has 9 heteroatoms. The van der Waals surface area contributed by atoms with Gasteiger partial charge in [-0.2, -0.15) is 0 Å². The van der Waals surface area contributed by atoms with E-state index in [2.05, 4.69) is 16.2 Å². The van der Waals surface area contributed by atoms with Gasteiger partial charge in [-0.3, -0.25) is 25.2 Å². The van der Waals surface area contributed by atoms with Crippen molar-refractivity contribution in [3.8, 4) is 11.5 Å². The zero-order chi connectivity index (χ0) is 19.6. The van der Waals surface area contributed by atoms with Gasteiger partial charge in [-0.1, -0.05) is 0 Å². The van der Waals surface area contributed by atoms with Crippen molar-refractivity contribution in [1.29, 1.82) is 0 Å². The van der Waals surface area contributed by atoms with Crippen LogP contribution in [0.5, 0.6) is 11.5 Å². The lowest BCUT2D eigenvalue weighted by molar-refractivity contribution is -0.132. The number of amides is 3. The standard InChI is InChI=1S/C18H21N3O6/c1-3-25-13-6-8-14(9-7-13)27-12(2)17(23)21-20-16(22)11-19-18(24)15-5-4-10-26-15/h4-10,12H,3,11H2,1-2H3,(H,19,24)(H,20,22)(H,21,23)/t12-/m1/s1. The van der Waals surface area contributed by atoms with Crippen LogP contribution in [-0.2, 0) is 9.59 Å². The number of rotatable bonds is 8. The molecule has 0 aliphatic heterocycles. The van der Waals surface area contributed by atoms with E-state index >= 15 is 0 Å². The molecule has 3 amide bonds. The Bertz CT molecular complexity index is 758. The predicted molar refractivity (Wildman–Crippen MR) is 95.0 cm³/mol. The van der Waals surface area contributed by atoms with Crippen LogP contribution in [0.1, 0.15) is 24.4 Å². The number of hydrogen-bond donors (Lipinski definition) is 3. The molecule has 0 fully saturated rings. The summed E-state index contributed by atoms with van der Waals surface area (Å²) in [6.07, 6.45) is 0.502. The van der Waals surface area contributed by atoms with Crippen molar-refractivity contribution in [3.05, 3.63) is 48.4 Å². The molecule has 0 aliphatic carbocycles. The molecule has 1 heterocycles. The van der Waals surface area contributed by atoms with E-state index in [9.17, 15) is 14.4 Å². The zero-order valence-corrected chi connectivity index (χ0v) is 15.0. The highest BCUT2D eigenvalue weighted by molar-refractivity contribution is 5.94. The lowest BCUT2D eigenvalue weighted by Crippen LogP contribution is -2.50. The minimum atomic E-state index is -0.846. The molecule has 0 radical (unpaired) electrons. The first-order valence-electron chi connectivity index (χ1n) is 8.29. The quantitative estimate of drug-likeness (QED) is 0.593. The minimum Gasteiger partial charge on any atom is -0.494 e. The van der Waals surface area contributed by atoms with Gasteiger partial charge in [-0.05, 0) is 50.2 Å². The molecule has 0 bridgehead atoms. The third-order valence-electron chi connectivity index (χ3n) is 3.30. The van der Waals surface area contributed by atoms with Crippen molar-refractivity contribution < 1.29 is 28.3 Å². The first-order valence-corrected chi connectivity index (χ1v) is 8.29. The maximum atomic E-state index is 12.0. The van der Waals surface area contributed by atoms with Crippen LogP contribution in [0.2, 0.25) is 0 Å². The zero-order valence-electron chi connectivity index (χ0n) is 15.0. The first kappa shape index (κ1) is 19.8. The first-order chi connectivity index (χ1) is 13.0. The largest absolute Gasteiger partial charge is 0.494 e. The minimum absolute atomic E-state index is 0.0872. The van der Waals surface area contributed by atoms with Crippen LogP contribution in [0, 0.1) is 0 Å². The Morgan fingerprint density at radius 2 is 1.78 bits per heavy atom. The summed E-state index contributed by atoms with van der Waals surface area (Å²) >= 11 is 0. The lowest BCUT2D eigenvalue weighted by atomic mass is 10.3. The molecule has 0 saturated heterocycles. The van der Waals surface area contributed by atoms with Crippen LogP contribution >= 0.6 is 0 Å². The molecule has 0 unspecified atom stereocenters. The van der Waals surface area contributed by atoms with Crippen molar-refractivity contribution >= 4 is 17.7 Å². The van der Waals surface area contributed by atoms with Crippen LogP contribution < -0.4 is 25.6 Å².